The Balaban J connectivity index is 2.31. The molecule has 0 aromatic carbocycles. The second kappa shape index (κ2) is 3.56. The van der Waals surface area contributed by atoms with Crippen LogP contribution in [0.3, 0.4) is 0 Å². The van der Waals surface area contributed by atoms with Crippen LogP contribution >= 0.6 is 0 Å². The molecule has 0 unspecified atom stereocenters. The van der Waals surface area contributed by atoms with Crippen molar-refractivity contribution in [1.29, 1.82) is 0 Å². The number of nitrogens with zero attached hydrogens (tertiary/aromatic N) is 2. The molecule has 1 saturated carbocycles. The van der Waals surface area contributed by atoms with Gasteiger partial charge in [-0.05, 0) is 26.7 Å². The number of nitrogen functional groups attached to an aromatic ring is 1. The first-order valence-corrected chi connectivity index (χ1v) is 5.16. The Morgan fingerprint density at radius 3 is 2.87 bits per heavy atom. The SMILES string of the molecule is CCOC(=O)c1nn(C2CC2)c(N)c1C. The number of ether oxygens (including phenoxy) is 1. The van der Waals surface area contributed by atoms with Crippen molar-refractivity contribution in [2.75, 3.05) is 12.3 Å². The predicted molar refractivity (Wildman–Crippen MR) is 55.6 cm³/mol. The van der Waals surface area contributed by atoms with E-state index in [0.717, 1.165) is 18.4 Å². The van der Waals surface area contributed by atoms with Gasteiger partial charge < -0.3 is 10.5 Å². The van der Waals surface area contributed by atoms with Crippen LogP contribution in [0, 0.1) is 6.92 Å². The summed E-state index contributed by atoms with van der Waals surface area (Å²) < 4.78 is 6.64. The molecule has 1 aliphatic rings. The van der Waals surface area contributed by atoms with Crippen molar-refractivity contribution >= 4 is 11.8 Å². The van der Waals surface area contributed by atoms with Gasteiger partial charge in [-0.1, -0.05) is 0 Å². The molecule has 0 aliphatic heterocycles. The molecule has 1 aromatic heterocycles. The Kier molecular flexibility index (Phi) is 2.38. The number of hydrogen-bond acceptors (Lipinski definition) is 4. The lowest BCUT2D eigenvalue weighted by atomic mass is 10.2. The third-order valence-electron chi connectivity index (χ3n) is 2.56. The van der Waals surface area contributed by atoms with Crippen LogP contribution in [0.15, 0.2) is 0 Å². The zero-order valence-electron chi connectivity index (χ0n) is 8.99. The summed E-state index contributed by atoms with van der Waals surface area (Å²) in [6.07, 6.45) is 2.18. The van der Waals surface area contributed by atoms with Crippen molar-refractivity contribution in [2.24, 2.45) is 0 Å². The first-order valence-electron chi connectivity index (χ1n) is 5.16. The molecule has 1 aliphatic carbocycles. The highest BCUT2D eigenvalue weighted by molar-refractivity contribution is 5.90. The summed E-state index contributed by atoms with van der Waals surface area (Å²) in [5.41, 5.74) is 6.94. The lowest BCUT2D eigenvalue weighted by Crippen LogP contribution is -2.07. The molecular formula is C10H15N3O2. The summed E-state index contributed by atoms with van der Waals surface area (Å²) in [7, 11) is 0. The molecular weight excluding hydrogens is 194 g/mol. The highest BCUT2D eigenvalue weighted by Gasteiger charge is 2.29. The quantitative estimate of drug-likeness (QED) is 0.761. The van der Waals surface area contributed by atoms with E-state index in [9.17, 15) is 4.79 Å². The first-order chi connectivity index (χ1) is 7.15. The fraction of sp³-hybridized carbons (Fsp3) is 0.600. The second-order valence-electron chi connectivity index (χ2n) is 3.76. The van der Waals surface area contributed by atoms with Crippen molar-refractivity contribution in [1.82, 2.24) is 9.78 Å². The Morgan fingerprint density at radius 2 is 2.33 bits per heavy atom. The highest BCUT2D eigenvalue weighted by atomic mass is 16.5. The predicted octanol–water partition coefficient (Wildman–Crippen LogP) is 1.29. The van der Waals surface area contributed by atoms with Crippen LogP contribution in [0.5, 0.6) is 0 Å². The van der Waals surface area contributed by atoms with Gasteiger partial charge in [0.25, 0.3) is 0 Å². The molecule has 1 fully saturated rings. The molecule has 82 valence electrons. The van der Waals surface area contributed by atoms with Crippen LogP contribution in [0.2, 0.25) is 0 Å². The maximum absolute atomic E-state index is 11.5. The normalized spacial score (nSPS) is 15.3. The number of carbonyl (C=O) groups is 1. The lowest BCUT2D eigenvalue weighted by molar-refractivity contribution is 0.0517. The van der Waals surface area contributed by atoms with E-state index in [0.29, 0.717) is 24.2 Å². The minimum Gasteiger partial charge on any atom is -0.461 e. The van der Waals surface area contributed by atoms with Gasteiger partial charge in [-0.3, -0.25) is 0 Å². The van der Waals surface area contributed by atoms with E-state index >= 15 is 0 Å². The fourth-order valence-electron chi connectivity index (χ4n) is 1.52. The summed E-state index contributed by atoms with van der Waals surface area (Å²) in [6, 6.07) is 0.381. The molecule has 2 rings (SSSR count). The smallest absolute Gasteiger partial charge is 0.359 e. The number of nitrogens with two attached hydrogens (primary N) is 1. The molecule has 1 aromatic rings. The molecule has 2 N–H and O–H groups in total. The van der Waals surface area contributed by atoms with Gasteiger partial charge in [0.15, 0.2) is 5.69 Å². The maximum atomic E-state index is 11.5. The van der Waals surface area contributed by atoms with E-state index in [2.05, 4.69) is 5.10 Å². The van der Waals surface area contributed by atoms with E-state index < -0.39 is 0 Å². The first kappa shape index (κ1) is 10.0. The largest absolute Gasteiger partial charge is 0.461 e. The van der Waals surface area contributed by atoms with E-state index in [1.165, 1.54) is 0 Å². The number of hydrogen-bond donors (Lipinski definition) is 1. The van der Waals surface area contributed by atoms with Gasteiger partial charge in [0.1, 0.15) is 5.82 Å². The van der Waals surface area contributed by atoms with Crippen molar-refractivity contribution in [2.45, 2.75) is 32.7 Å². The number of anilines is 1. The van der Waals surface area contributed by atoms with Crippen LogP contribution in [0.25, 0.3) is 0 Å². The van der Waals surface area contributed by atoms with Crippen LogP contribution in [-0.2, 0) is 4.74 Å². The van der Waals surface area contributed by atoms with Crippen molar-refractivity contribution in [3.63, 3.8) is 0 Å². The van der Waals surface area contributed by atoms with E-state index in [1.807, 2.05) is 0 Å². The van der Waals surface area contributed by atoms with Crippen LogP contribution < -0.4 is 5.73 Å². The maximum Gasteiger partial charge on any atom is 0.359 e. The number of aromatic nitrogens is 2. The molecule has 15 heavy (non-hydrogen) atoms. The second-order valence-corrected chi connectivity index (χ2v) is 3.76. The molecule has 0 saturated heterocycles. The average molecular weight is 209 g/mol. The molecule has 5 nitrogen and oxygen atoms in total. The number of carbonyl (C=O) groups excluding carboxylic acids is 1. The van der Waals surface area contributed by atoms with Crippen molar-refractivity contribution < 1.29 is 9.53 Å². The summed E-state index contributed by atoms with van der Waals surface area (Å²) in [5.74, 6) is 0.196. The molecule has 0 radical (unpaired) electrons. The Bertz CT molecular complexity index is 394. The van der Waals surface area contributed by atoms with Crippen LogP contribution in [-0.4, -0.2) is 22.4 Å². The summed E-state index contributed by atoms with van der Waals surface area (Å²) in [4.78, 5) is 11.5. The molecule has 5 heteroatoms. The zero-order chi connectivity index (χ0) is 11.0. The van der Waals surface area contributed by atoms with Gasteiger partial charge in [-0.2, -0.15) is 5.10 Å². The van der Waals surface area contributed by atoms with Crippen molar-refractivity contribution in [3.8, 4) is 0 Å². The lowest BCUT2D eigenvalue weighted by Gasteiger charge is -1.99. The van der Waals surface area contributed by atoms with Gasteiger partial charge in [0.05, 0.1) is 12.6 Å². The van der Waals surface area contributed by atoms with Gasteiger partial charge in [-0.15, -0.1) is 0 Å². The topological polar surface area (TPSA) is 70.1 Å². The summed E-state index contributed by atoms with van der Waals surface area (Å²) in [6.45, 7) is 3.93. The number of esters is 1. The minimum atomic E-state index is -0.388. The summed E-state index contributed by atoms with van der Waals surface area (Å²) >= 11 is 0. The molecule has 0 amide bonds. The third kappa shape index (κ3) is 1.69. The zero-order valence-corrected chi connectivity index (χ0v) is 8.99. The number of rotatable bonds is 3. The Morgan fingerprint density at radius 1 is 1.67 bits per heavy atom. The molecule has 0 atom stereocenters. The van der Waals surface area contributed by atoms with Gasteiger partial charge in [-0.25, -0.2) is 9.48 Å². The van der Waals surface area contributed by atoms with E-state index in [1.54, 1.807) is 18.5 Å². The molecule has 0 bridgehead atoms. The Labute approximate surface area is 88.2 Å². The standard InChI is InChI=1S/C10H15N3O2/c1-3-15-10(14)8-6(2)9(11)13(12-8)7-4-5-7/h7H,3-5,11H2,1-2H3. The van der Waals surface area contributed by atoms with Gasteiger partial charge in [0.2, 0.25) is 0 Å². The van der Waals surface area contributed by atoms with Crippen LogP contribution in [0.1, 0.15) is 41.9 Å². The minimum absolute atomic E-state index is 0.348. The van der Waals surface area contributed by atoms with Gasteiger partial charge in [0, 0.05) is 5.56 Å². The monoisotopic (exact) mass is 209 g/mol. The highest BCUT2D eigenvalue weighted by Crippen LogP contribution is 2.37. The molecule has 1 heterocycles. The van der Waals surface area contributed by atoms with Crippen molar-refractivity contribution in [3.05, 3.63) is 11.3 Å². The third-order valence-corrected chi connectivity index (χ3v) is 2.56. The van der Waals surface area contributed by atoms with Crippen LogP contribution in [0.4, 0.5) is 5.82 Å². The Hall–Kier alpha value is -1.52. The molecule has 0 spiro atoms. The fourth-order valence-corrected chi connectivity index (χ4v) is 1.52. The average Bonchev–Trinajstić information content (AvgIpc) is 2.98. The van der Waals surface area contributed by atoms with E-state index in [4.69, 9.17) is 10.5 Å². The summed E-state index contributed by atoms with van der Waals surface area (Å²) in [5, 5.41) is 4.21. The van der Waals surface area contributed by atoms with Gasteiger partial charge >= 0.3 is 5.97 Å². The van der Waals surface area contributed by atoms with E-state index in [-0.39, 0.29) is 5.97 Å².